The zero-order valence-corrected chi connectivity index (χ0v) is 11.0. The van der Waals surface area contributed by atoms with Crippen LogP contribution in [0.5, 0.6) is 0 Å². The number of nitrogens with zero attached hydrogens (tertiary/aromatic N) is 1. The summed E-state index contributed by atoms with van der Waals surface area (Å²) in [5.41, 5.74) is 0.411. The molecule has 1 aliphatic heterocycles. The Hall–Kier alpha value is -2.56. The fourth-order valence-electron chi connectivity index (χ4n) is 2.43. The zero-order chi connectivity index (χ0) is 15.0. The molecule has 0 N–H and O–H groups in total. The van der Waals surface area contributed by atoms with Gasteiger partial charge in [-0.2, -0.15) is 0 Å². The van der Waals surface area contributed by atoms with Crippen LogP contribution < -0.4 is 4.90 Å². The van der Waals surface area contributed by atoms with E-state index in [0.29, 0.717) is 5.69 Å². The fraction of sp³-hybridized carbons (Fsp3) is 0.125. The van der Waals surface area contributed by atoms with E-state index in [1.165, 1.54) is 35.2 Å². The Kier molecular flexibility index (Phi) is 3.25. The molecule has 1 amide bonds. The Morgan fingerprint density at radius 1 is 1.10 bits per heavy atom. The van der Waals surface area contributed by atoms with E-state index in [9.17, 15) is 18.4 Å². The minimum absolute atomic E-state index is 0.0675. The van der Waals surface area contributed by atoms with Gasteiger partial charge in [-0.3, -0.25) is 9.59 Å². The third-order valence-corrected chi connectivity index (χ3v) is 3.46. The van der Waals surface area contributed by atoms with Crippen LogP contribution in [0.25, 0.3) is 0 Å². The van der Waals surface area contributed by atoms with Crippen LogP contribution >= 0.6 is 0 Å². The molecule has 3 nitrogen and oxygen atoms in total. The number of benzene rings is 2. The average molecular weight is 287 g/mol. The Morgan fingerprint density at radius 2 is 1.86 bits per heavy atom. The van der Waals surface area contributed by atoms with Crippen molar-refractivity contribution < 1.29 is 18.4 Å². The van der Waals surface area contributed by atoms with Crippen molar-refractivity contribution in [2.75, 3.05) is 11.4 Å². The smallest absolute Gasteiger partial charge is 0.261 e. The fourth-order valence-corrected chi connectivity index (χ4v) is 2.43. The highest BCUT2D eigenvalue weighted by molar-refractivity contribution is 6.13. The van der Waals surface area contributed by atoms with Crippen molar-refractivity contribution in [2.45, 2.75) is 6.42 Å². The number of Topliss-reactive ketones (excluding diaryl/α,β-unsaturated/α-hetero) is 1. The first kappa shape index (κ1) is 13.4. The highest BCUT2D eigenvalue weighted by atomic mass is 19.1. The second kappa shape index (κ2) is 5.09. The number of anilines is 1. The molecule has 0 saturated carbocycles. The lowest BCUT2D eigenvalue weighted by Gasteiger charge is -2.28. The Labute approximate surface area is 119 Å². The van der Waals surface area contributed by atoms with Crippen molar-refractivity contribution in [1.82, 2.24) is 0 Å². The Bertz CT molecular complexity index is 743. The molecule has 0 spiro atoms. The number of halogens is 2. The molecule has 1 aliphatic rings. The monoisotopic (exact) mass is 287 g/mol. The van der Waals surface area contributed by atoms with Gasteiger partial charge in [0.1, 0.15) is 11.6 Å². The molecule has 0 radical (unpaired) electrons. The largest absolute Gasteiger partial charge is 0.307 e. The molecule has 0 aromatic heterocycles. The SMILES string of the molecule is O=C1CCN(C(=O)c2ccccc2F)c2ccc(F)cc21. The average Bonchev–Trinajstić information content (AvgIpc) is 2.48. The number of ketones is 1. The van der Waals surface area contributed by atoms with Crippen LogP contribution in [-0.4, -0.2) is 18.2 Å². The molecular weight excluding hydrogens is 276 g/mol. The van der Waals surface area contributed by atoms with Gasteiger partial charge in [0.15, 0.2) is 5.78 Å². The second-order valence-corrected chi connectivity index (χ2v) is 4.77. The number of amides is 1. The van der Waals surface area contributed by atoms with Crippen LogP contribution in [0.1, 0.15) is 27.1 Å². The van der Waals surface area contributed by atoms with Gasteiger partial charge in [0, 0.05) is 18.5 Å². The summed E-state index contributed by atoms with van der Waals surface area (Å²) in [5.74, 6) is -1.92. The number of hydrogen-bond donors (Lipinski definition) is 0. The molecule has 0 saturated heterocycles. The number of fused-ring (bicyclic) bond motifs is 1. The summed E-state index contributed by atoms with van der Waals surface area (Å²) in [7, 11) is 0. The molecule has 0 aliphatic carbocycles. The van der Waals surface area contributed by atoms with E-state index in [0.717, 1.165) is 6.07 Å². The molecular formula is C16H11F2NO2. The van der Waals surface area contributed by atoms with Gasteiger partial charge in [0.25, 0.3) is 5.91 Å². The normalized spacial score (nSPS) is 14.0. The molecule has 106 valence electrons. The van der Waals surface area contributed by atoms with Gasteiger partial charge in [-0.25, -0.2) is 8.78 Å². The van der Waals surface area contributed by atoms with Crippen LogP contribution in [0.15, 0.2) is 42.5 Å². The summed E-state index contributed by atoms with van der Waals surface area (Å²) in [4.78, 5) is 25.6. The van der Waals surface area contributed by atoms with Gasteiger partial charge >= 0.3 is 0 Å². The number of rotatable bonds is 1. The number of carbonyl (C=O) groups is 2. The first-order valence-corrected chi connectivity index (χ1v) is 6.47. The quantitative estimate of drug-likeness (QED) is 0.807. The summed E-state index contributed by atoms with van der Waals surface area (Å²) in [5, 5.41) is 0. The first-order chi connectivity index (χ1) is 10.1. The molecule has 0 unspecified atom stereocenters. The predicted octanol–water partition coefficient (Wildman–Crippen LogP) is 3.20. The summed E-state index contributed by atoms with van der Waals surface area (Å²) in [6.07, 6.45) is 0.0939. The van der Waals surface area contributed by atoms with E-state index in [2.05, 4.69) is 0 Å². The van der Waals surface area contributed by atoms with E-state index in [4.69, 9.17) is 0 Å². The van der Waals surface area contributed by atoms with Crippen molar-refractivity contribution in [3.8, 4) is 0 Å². The third-order valence-electron chi connectivity index (χ3n) is 3.46. The van der Waals surface area contributed by atoms with E-state index >= 15 is 0 Å². The third kappa shape index (κ3) is 2.31. The topological polar surface area (TPSA) is 37.4 Å². The maximum atomic E-state index is 13.7. The van der Waals surface area contributed by atoms with Crippen molar-refractivity contribution in [2.24, 2.45) is 0 Å². The van der Waals surface area contributed by atoms with Crippen LogP contribution in [0, 0.1) is 11.6 Å². The van der Waals surface area contributed by atoms with Gasteiger partial charge in [-0.1, -0.05) is 12.1 Å². The van der Waals surface area contributed by atoms with E-state index in [-0.39, 0.29) is 29.9 Å². The Morgan fingerprint density at radius 3 is 2.62 bits per heavy atom. The molecule has 0 bridgehead atoms. The molecule has 2 aromatic rings. The van der Waals surface area contributed by atoms with Crippen molar-refractivity contribution >= 4 is 17.4 Å². The molecule has 2 aromatic carbocycles. The van der Waals surface area contributed by atoms with Gasteiger partial charge < -0.3 is 4.90 Å². The second-order valence-electron chi connectivity index (χ2n) is 4.77. The van der Waals surface area contributed by atoms with E-state index in [1.54, 1.807) is 6.07 Å². The molecule has 5 heteroatoms. The van der Waals surface area contributed by atoms with Gasteiger partial charge in [-0.15, -0.1) is 0 Å². The van der Waals surface area contributed by atoms with Gasteiger partial charge in [0.2, 0.25) is 0 Å². The minimum Gasteiger partial charge on any atom is -0.307 e. The first-order valence-electron chi connectivity index (χ1n) is 6.47. The standard InChI is InChI=1S/C16H11F2NO2/c17-10-5-6-14-12(9-10)15(20)7-8-19(14)16(21)11-3-1-2-4-13(11)18/h1-6,9H,7-8H2. The van der Waals surface area contributed by atoms with E-state index < -0.39 is 17.5 Å². The lowest BCUT2D eigenvalue weighted by molar-refractivity contribution is 0.0953. The zero-order valence-electron chi connectivity index (χ0n) is 11.0. The summed E-state index contributed by atoms with van der Waals surface area (Å²) >= 11 is 0. The highest BCUT2D eigenvalue weighted by Crippen LogP contribution is 2.29. The maximum Gasteiger partial charge on any atom is 0.261 e. The summed E-state index contributed by atoms with van der Waals surface area (Å²) in [6.45, 7) is 0.157. The Balaban J connectivity index is 2.06. The minimum atomic E-state index is -0.622. The van der Waals surface area contributed by atoms with Crippen molar-refractivity contribution in [3.63, 3.8) is 0 Å². The molecule has 0 fully saturated rings. The molecule has 1 heterocycles. The summed E-state index contributed by atoms with van der Waals surface area (Å²) in [6, 6.07) is 9.31. The van der Waals surface area contributed by atoms with Crippen molar-refractivity contribution in [1.29, 1.82) is 0 Å². The molecule has 3 rings (SSSR count). The van der Waals surface area contributed by atoms with Crippen LogP contribution in [0.3, 0.4) is 0 Å². The van der Waals surface area contributed by atoms with Crippen LogP contribution in [0.4, 0.5) is 14.5 Å². The number of carbonyl (C=O) groups excluding carboxylic acids is 2. The lowest BCUT2D eigenvalue weighted by Crippen LogP contribution is -2.37. The van der Waals surface area contributed by atoms with Gasteiger partial charge in [-0.05, 0) is 30.3 Å². The lowest BCUT2D eigenvalue weighted by atomic mass is 9.99. The van der Waals surface area contributed by atoms with Crippen molar-refractivity contribution in [3.05, 3.63) is 65.2 Å². The van der Waals surface area contributed by atoms with Crippen LogP contribution in [-0.2, 0) is 0 Å². The maximum absolute atomic E-state index is 13.7. The summed E-state index contributed by atoms with van der Waals surface area (Å²) < 4.78 is 27.0. The molecule has 21 heavy (non-hydrogen) atoms. The van der Waals surface area contributed by atoms with E-state index in [1.807, 2.05) is 0 Å². The number of hydrogen-bond acceptors (Lipinski definition) is 2. The predicted molar refractivity (Wildman–Crippen MR) is 73.4 cm³/mol. The highest BCUT2D eigenvalue weighted by Gasteiger charge is 2.29. The molecule has 0 atom stereocenters. The van der Waals surface area contributed by atoms with Crippen LogP contribution in [0.2, 0.25) is 0 Å². The van der Waals surface area contributed by atoms with Gasteiger partial charge in [0.05, 0.1) is 11.3 Å².